The molecule has 21 heavy (non-hydrogen) atoms. The molecule has 1 heterocycles. The van der Waals surface area contributed by atoms with Gasteiger partial charge >= 0.3 is 0 Å². The van der Waals surface area contributed by atoms with Crippen LogP contribution in [0.5, 0.6) is 5.75 Å². The normalized spacial score (nSPS) is 17.2. The van der Waals surface area contributed by atoms with Crippen molar-refractivity contribution >= 4 is 23.2 Å². The average Bonchev–Trinajstić information content (AvgIpc) is 2.73. The largest absolute Gasteiger partial charge is 0.487 e. The van der Waals surface area contributed by atoms with Crippen LogP contribution in [-0.2, 0) is 6.42 Å². The van der Waals surface area contributed by atoms with Crippen molar-refractivity contribution in [3.8, 4) is 5.75 Å². The molecule has 0 spiro atoms. The van der Waals surface area contributed by atoms with Gasteiger partial charge in [-0.2, -0.15) is 0 Å². The summed E-state index contributed by atoms with van der Waals surface area (Å²) in [5, 5.41) is 1.04. The predicted octanol–water partition coefficient (Wildman–Crippen LogP) is 4.76. The zero-order valence-electron chi connectivity index (χ0n) is 12.0. The highest BCUT2D eigenvalue weighted by atomic mass is 35.5. The first-order valence-electron chi connectivity index (χ1n) is 6.89. The van der Waals surface area contributed by atoms with E-state index in [1.54, 1.807) is 6.07 Å². The molecule has 1 unspecified atom stereocenters. The fourth-order valence-electron chi connectivity index (χ4n) is 2.76. The van der Waals surface area contributed by atoms with Gasteiger partial charge in [0.15, 0.2) is 0 Å². The Hall–Kier alpha value is -1.22. The molecule has 2 nitrogen and oxygen atoms in total. The Kier molecular flexibility index (Phi) is 3.64. The van der Waals surface area contributed by atoms with E-state index in [9.17, 15) is 0 Å². The summed E-state index contributed by atoms with van der Waals surface area (Å²) in [5.41, 5.74) is 9.24. The van der Waals surface area contributed by atoms with Crippen LogP contribution in [0.15, 0.2) is 36.4 Å². The second-order valence-corrected chi connectivity index (χ2v) is 6.81. The van der Waals surface area contributed by atoms with Gasteiger partial charge in [-0.15, -0.1) is 0 Å². The minimum absolute atomic E-state index is 0.154. The SMILES string of the molecule is CC1(C)Cc2cc(C(N)c3cccc(Cl)c3Cl)ccc2O1. The Labute approximate surface area is 134 Å². The van der Waals surface area contributed by atoms with Crippen LogP contribution in [0.4, 0.5) is 0 Å². The standard InChI is InChI=1S/C17H17Cl2NO/c1-17(2)9-11-8-10(6-7-14(11)21-17)16(20)12-4-3-5-13(18)15(12)19/h3-8,16H,9,20H2,1-2H3. The van der Waals surface area contributed by atoms with E-state index in [2.05, 4.69) is 19.9 Å². The predicted molar refractivity (Wildman–Crippen MR) is 87.3 cm³/mol. The maximum Gasteiger partial charge on any atom is 0.123 e. The van der Waals surface area contributed by atoms with E-state index >= 15 is 0 Å². The van der Waals surface area contributed by atoms with Crippen LogP contribution >= 0.6 is 23.2 Å². The Morgan fingerprint density at radius 2 is 1.95 bits per heavy atom. The molecule has 2 aromatic rings. The number of hydrogen-bond donors (Lipinski definition) is 1. The Morgan fingerprint density at radius 1 is 1.19 bits per heavy atom. The van der Waals surface area contributed by atoms with E-state index in [-0.39, 0.29) is 11.6 Å². The first-order chi connectivity index (χ1) is 9.87. The maximum atomic E-state index is 6.36. The van der Waals surface area contributed by atoms with Crippen molar-refractivity contribution in [2.45, 2.75) is 31.9 Å². The van der Waals surface area contributed by atoms with Gasteiger partial charge in [-0.25, -0.2) is 0 Å². The number of nitrogens with two attached hydrogens (primary N) is 1. The molecule has 0 amide bonds. The van der Waals surface area contributed by atoms with E-state index in [4.69, 9.17) is 33.7 Å². The van der Waals surface area contributed by atoms with Crippen LogP contribution < -0.4 is 10.5 Å². The van der Waals surface area contributed by atoms with E-state index in [0.29, 0.717) is 10.0 Å². The first kappa shape index (κ1) is 14.7. The monoisotopic (exact) mass is 321 g/mol. The minimum Gasteiger partial charge on any atom is -0.487 e. The molecule has 1 atom stereocenters. The summed E-state index contributed by atoms with van der Waals surface area (Å²) in [6.07, 6.45) is 0.881. The molecule has 0 saturated heterocycles. The molecule has 2 N–H and O–H groups in total. The second-order valence-electron chi connectivity index (χ2n) is 6.03. The van der Waals surface area contributed by atoms with Crippen molar-refractivity contribution in [1.82, 2.24) is 0 Å². The Bertz CT molecular complexity index is 697. The molecule has 2 aromatic carbocycles. The summed E-state index contributed by atoms with van der Waals surface area (Å²) in [4.78, 5) is 0. The summed E-state index contributed by atoms with van der Waals surface area (Å²) in [7, 11) is 0. The van der Waals surface area contributed by atoms with Crippen LogP contribution in [0.25, 0.3) is 0 Å². The van der Waals surface area contributed by atoms with Crippen LogP contribution in [0.1, 0.15) is 36.6 Å². The lowest BCUT2D eigenvalue weighted by molar-refractivity contribution is 0.138. The van der Waals surface area contributed by atoms with Crippen LogP contribution in [-0.4, -0.2) is 5.60 Å². The molecular formula is C17H17Cl2NO. The fourth-order valence-corrected chi connectivity index (χ4v) is 3.19. The quantitative estimate of drug-likeness (QED) is 0.865. The molecule has 0 radical (unpaired) electrons. The maximum absolute atomic E-state index is 6.36. The molecular weight excluding hydrogens is 305 g/mol. The van der Waals surface area contributed by atoms with Gasteiger partial charge in [0, 0.05) is 6.42 Å². The number of rotatable bonds is 2. The molecule has 3 rings (SSSR count). The lowest BCUT2D eigenvalue weighted by atomic mass is 9.95. The summed E-state index contributed by atoms with van der Waals surface area (Å²) >= 11 is 12.3. The highest BCUT2D eigenvalue weighted by molar-refractivity contribution is 6.42. The third kappa shape index (κ3) is 2.76. The van der Waals surface area contributed by atoms with Crippen LogP contribution in [0, 0.1) is 0 Å². The molecule has 1 aliphatic heterocycles. The molecule has 1 aliphatic rings. The van der Waals surface area contributed by atoms with Crippen LogP contribution in [0.3, 0.4) is 0 Å². The number of fused-ring (bicyclic) bond motifs is 1. The lowest BCUT2D eigenvalue weighted by Crippen LogP contribution is -2.24. The fraction of sp³-hybridized carbons (Fsp3) is 0.294. The third-order valence-electron chi connectivity index (χ3n) is 3.76. The summed E-state index contributed by atoms with van der Waals surface area (Å²) in [5.74, 6) is 0.938. The van der Waals surface area contributed by atoms with E-state index in [1.165, 1.54) is 5.56 Å². The molecule has 110 valence electrons. The molecule has 0 bridgehead atoms. The van der Waals surface area contributed by atoms with Gasteiger partial charge < -0.3 is 10.5 Å². The van der Waals surface area contributed by atoms with Gasteiger partial charge in [-0.05, 0) is 42.7 Å². The third-order valence-corrected chi connectivity index (χ3v) is 4.60. The van der Waals surface area contributed by atoms with E-state index in [0.717, 1.165) is 23.3 Å². The highest BCUT2D eigenvalue weighted by Crippen LogP contribution is 2.38. The zero-order valence-corrected chi connectivity index (χ0v) is 13.5. The Morgan fingerprint density at radius 3 is 2.71 bits per heavy atom. The summed E-state index contributed by atoms with van der Waals surface area (Å²) in [6, 6.07) is 11.3. The van der Waals surface area contributed by atoms with Gasteiger partial charge in [0.2, 0.25) is 0 Å². The smallest absolute Gasteiger partial charge is 0.123 e. The van der Waals surface area contributed by atoms with Gasteiger partial charge in [0.25, 0.3) is 0 Å². The molecule has 0 fully saturated rings. The minimum atomic E-state index is -0.301. The molecule has 0 aromatic heterocycles. The van der Waals surface area contributed by atoms with Crippen molar-refractivity contribution in [2.75, 3.05) is 0 Å². The average molecular weight is 322 g/mol. The van der Waals surface area contributed by atoms with E-state index in [1.807, 2.05) is 24.3 Å². The lowest BCUT2D eigenvalue weighted by Gasteiger charge is -2.16. The molecule has 0 aliphatic carbocycles. The van der Waals surface area contributed by atoms with Crippen molar-refractivity contribution in [3.05, 3.63) is 63.1 Å². The first-order valence-corrected chi connectivity index (χ1v) is 7.64. The number of benzene rings is 2. The highest BCUT2D eigenvalue weighted by Gasteiger charge is 2.30. The zero-order chi connectivity index (χ0) is 15.2. The second kappa shape index (κ2) is 5.20. The molecule has 0 saturated carbocycles. The Balaban J connectivity index is 1.97. The summed E-state index contributed by atoms with van der Waals surface area (Å²) in [6.45, 7) is 4.17. The number of halogens is 2. The molecule has 4 heteroatoms. The van der Waals surface area contributed by atoms with Gasteiger partial charge in [0.05, 0.1) is 16.1 Å². The van der Waals surface area contributed by atoms with Crippen molar-refractivity contribution in [1.29, 1.82) is 0 Å². The van der Waals surface area contributed by atoms with Crippen molar-refractivity contribution in [3.63, 3.8) is 0 Å². The van der Waals surface area contributed by atoms with Crippen molar-refractivity contribution in [2.24, 2.45) is 5.73 Å². The van der Waals surface area contributed by atoms with Gasteiger partial charge in [-0.3, -0.25) is 0 Å². The number of hydrogen-bond acceptors (Lipinski definition) is 2. The van der Waals surface area contributed by atoms with Gasteiger partial charge in [-0.1, -0.05) is 47.5 Å². The van der Waals surface area contributed by atoms with Gasteiger partial charge in [0.1, 0.15) is 11.4 Å². The summed E-state index contributed by atoms with van der Waals surface area (Å²) < 4.78 is 5.89. The topological polar surface area (TPSA) is 35.2 Å². The van der Waals surface area contributed by atoms with Crippen molar-refractivity contribution < 1.29 is 4.74 Å². The number of ether oxygens (including phenoxy) is 1. The van der Waals surface area contributed by atoms with Crippen LogP contribution in [0.2, 0.25) is 10.0 Å². The van der Waals surface area contributed by atoms with E-state index < -0.39 is 0 Å².